The van der Waals surface area contributed by atoms with E-state index in [1.54, 1.807) is 12.1 Å². The average molecular weight is 396 g/mol. The fourth-order valence-electron chi connectivity index (χ4n) is 3.41. The third-order valence-electron chi connectivity index (χ3n) is 4.88. The van der Waals surface area contributed by atoms with Crippen molar-refractivity contribution in [2.45, 2.75) is 39.3 Å². The fraction of sp³-hybridized carbons (Fsp3) is 0.409. The van der Waals surface area contributed by atoms with Crippen molar-refractivity contribution in [1.82, 2.24) is 9.88 Å². The van der Waals surface area contributed by atoms with E-state index in [1.807, 2.05) is 38.1 Å². The number of likely N-dealkylation sites (tertiary alicyclic amines) is 1. The number of rotatable bonds is 7. The van der Waals surface area contributed by atoms with Gasteiger partial charge in [-0.05, 0) is 57.0 Å². The van der Waals surface area contributed by atoms with Gasteiger partial charge < -0.3 is 15.8 Å². The highest BCUT2D eigenvalue weighted by Crippen LogP contribution is 2.19. The molecule has 1 fully saturated rings. The predicted molar refractivity (Wildman–Crippen MR) is 112 cm³/mol. The SMILES string of the molecule is CC(C)Oc1ccc(C(=O)Nc2ccc(CN3CCCC(C(N)=O)C3)cc2)cn1. The molecule has 154 valence electrons. The minimum absolute atomic E-state index is 0.0345. The summed E-state index contributed by atoms with van der Waals surface area (Å²) in [5, 5.41) is 2.88. The lowest BCUT2D eigenvalue weighted by atomic mass is 9.97. The van der Waals surface area contributed by atoms with E-state index >= 15 is 0 Å². The number of hydrogen-bond acceptors (Lipinski definition) is 5. The van der Waals surface area contributed by atoms with Crippen molar-refractivity contribution in [1.29, 1.82) is 0 Å². The first-order chi connectivity index (χ1) is 13.9. The highest BCUT2D eigenvalue weighted by molar-refractivity contribution is 6.04. The molecule has 0 aliphatic carbocycles. The minimum atomic E-state index is -0.221. The van der Waals surface area contributed by atoms with Crippen molar-refractivity contribution in [3.8, 4) is 5.88 Å². The maximum Gasteiger partial charge on any atom is 0.257 e. The number of nitrogens with two attached hydrogens (primary N) is 1. The molecule has 2 heterocycles. The van der Waals surface area contributed by atoms with Crippen LogP contribution in [0.15, 0.2) is 42.6 Å². The Morgan fingerprint density at radius 2 is 2.00 bits per heavy atom. The number of pyridine rings is 1. The fourth-order valence-corrected chi connectivity index (χ4v) is 3.41. The third-order valence-corrected chi connectivity index (χ3v) is 4.88. The third kappa shape index (κ3) is 6.02. The molecule has 3 N–H and O–H groups in total. The first kappa shape index (κ1) is 20.8. The van der Waals surface area contributed by atoms with Crippen LogP contribution in [0.5, 0.6) is 5.88 Å². The predicted octanol–water partition coefficient (Wildman–Crippen LogP) is 2.82. The number of ether oxygens (including phenoxy) is 1. The van der Waals surface area contributed by atoms with Gasteiger partial charge in [0.15, 0.2) is 0 Å². The Kier molecular flexibility index (Phi) is 6.82. The van der Waals surface area contributed by atoms with Crippen LogP contribution in [0.1, 0.15) is 42.6 Å². The van der Waals surface area contributed by atoms with Crippen LogP contribution in [-0.4, -0.2) is 40.9 Å². The van der Waals surface area contributed by atoms with Crippen LogP contribution in [-0.2, 0) is 11.3 Å². The summed E-state index contributed by atoms with van der Waals surface area (Å²) in [6, 6.07) is 11.1. The first-order valence-corrected chi connectivity index (χ1v) is 9.95. The van der Waals surface area contributed by atoms with Gasteiger partial charge in [0.05, 0.1) is 17.6 Å². The van der Waals surface area contributed by atoms with E-state index in [9.17, 15) is 9.59 Å². The molecular formula is C22H28N4O3. The van der Waals surface area contributed by atoms with Crippen molar-refractivity contribution in [3.05, 3.63) is 53.7 Å². The van der Waals surface area contributed by atoms with Gasteiger partial charge in [0, 0.05) is 31.0 Å². The number of nitrogens with zero attached hydrogens (tertiary/aromatic N) is 2. The molecule has 1 aliphatic rings. The van der Waals surface area contributed by atoms with Crippen molar-refractivity contribution in [3.63, 3.8) is 0 Å². The maximum atomic E-state index is 12.4. The van der Waals surface area contributed by atoms with Crippen LogP contribution in [0.25, 0.3) is 0 Å². The minimum Gasteiger partial charge on any atom is -0.475 e. The molecule has 0 saturated carbocycles. The Morgan fingerprint density at radius 1 is 1.24 bits per heavy atom. The number of piperidine rings is 1. The zero-order chi connectivity index (χ0) is 20.8. The van der Waals surface area contributed by atoms with E-state index in [1.165, 1.54) is 6.20 Å². The molecule has 2 aromatic rings. The van der Waals surface area contributed by atoms with E-state index in [0.29, 0.717) is 18.0 Å². The Labute approximate surface area is 171 Å². The lowest BCUT2D eigenvalue weighted by molar-refractivity contribution is -0.123. The number of amides is 2. The van der Waals surface area contributed by atoms with Gasteiger partial charge in [-0.2, -0.15) is 0 Å². The molecule has 1 unspecified atom stereocenters. The van der Waals surface area contributed by atoms with Gasteiger partial charge in [0.1, 0.15) is 0 Å². The largest absolute Gasteiger partial charge is 0.475 e. The van der Waals surface area contributed by atoms with Crippen molar-refractivity contribution >= 4 is 17.5 Å². The first-order valence-electron chi connectivity index (χ1n) is 9.95. The van der Waals surface area contributed by atoms with Crippen LogP contribution in [0.2, 0.25) is 0 Å². The summed E-state index contributed by atoms with van der Waals surface area (Å²) in [6.07, 6.45) is 3.40. The Morgan fingerprint density at radius 3 is 2.62 bits per heavy atom. The number of benzene rings is 1. The molecule has 0 radical (unpaired) electrons. The summed E-state index contributed by atoms with van der Waals surface area (Å²) in [6.45, 7) is 6.28. The smallest absolute Gasteiger partial charge is 0.257 e. The number of nitrogens with one attached hydrogen (secondary N) is 1. The molecule has 1 aliphatic heterocycles. The van der Waals surface area contributed by atoms with Gasteiger partial charge in [-0.1, -0.05) is 12.1 Å². The standard InChI is InChI=1S/C22H28N4O3/c1-15(2)29-20-10-7-17(12-24-20)22(28)25-19-8-5-16(6-9-19)13-26-11-3-4-18(14-26)21(23)27/h5-10,12,15,18H,3-4,11,13-14H2,1-2H3,(H2,23,27)(H,25,28). The van der Waals surface area contributed by atoms with E-state index in [0.717, 1.165) is 37.2 Å². The molecule has 7 nitrogen and oxygen atoms in total. The molecule has 1 aromatic heterocycles. The molecule has 2 amide bonds. The van der Waals surface area contributed by atoms with Gasteiger partial charge in [-0.25, -0.2) is 4.98 Å². The summed E-state index contributed by atoms with van der Waals surface area (Å²) >= 11 is 0. The van der Waals surface area contributed by atoms with E-state index in [-0.39, 0.29) is 23.8 Å². The number of carbonyl (C=O) groups is 2. The molecular weight excluding hydrogens is 368 g/mol. The van der Waals surface area contributed by atoms with Gasteiger partial charge in [0.2, 0.25) is 11.8 Å². The Balaban J connectivity index is 1.54. The maximum absolute atomic E-state index is 12.4. The van der Waals surface area contributed by atoms with Crippen molar-refractivity contribution in [2.75, 3.05) is 18.4 Å². The summed E-state index contributed by atoms with van der Waals surface area (Å²) in [4.78, 5) is 30.2. The molecule has 0 bridgehead atoms. The highest BCUT2D eigenvalue weighted by Gasteiger charge is 2.23. The summed E-state index contributed by atoms with van der Waals surface area (Å²) in [5.74, 6) is -0.00170. The van der Waals surface area contributed by atoms with Gasteiger partial charge >= 0.3 is 0 Å². The van der Waals surface area contributed by atoms with E-state index in [2.05, 4.69) is 15.2 Å². The highest BCUT2D eigenvalue weighted by atomic mass is 16.5. The van der Waals surface area contributed by atoms with Crippen LogP contribution in [0, 0.1) is 5.92 Å². The second-order valence-corrected chi connectivity index (χ2v) is 7.68. The second kappa shape index (κ2) is 9.52. The van der Waals surface area contributed by atoms with E-state index < -0.39 is 0 Å². The van der Waals surface area contributed by atoms with E-state index in [4.69, 9.17) is 10.5 Å². The normalized spacial score (nSPS) is 17.1. The summed E-state index contributed by atoms with van der Waals surface area (Å²) in [7, 11) is 0. The Bertz CT molecular complexity index is 834. The molecule has 7 heteroatoms. The molecule has 3 rings (SSSR count). The molecule has 1 aromatic carbocycles. The number of anilines is 1. The topological polar surface area (TPSA) is 97.5 Å². The van der Waals surface area contributed by atoms with Gasteiger partial charge in [-0.3, -0.25) is 14.5 Å². The summed E-state index contributed by atoms with van der Waals surface area (Å²) in [5.41, 5.74) is 7.76. The number of primary amides is 1. The molecule has 1 saturated heterocycles. The quantitative estimate of drug-likeness (QED) is 0.750. The second-order valence-electron chi connectivity index (χ2n) is 7.68. The molecule has 0 spiro atoms. The zero-order valence-electron chi connectivity index (χ0n) is 16.9. The molecule has 1 atom stereocenters. The van der Waals surface area contributed by atoms with Gasteiger partial charge in [-0.15, -0.1) is 0 Å². The van der Waals surface area contributed by atoms with Crippen LogP contribution < -0.4 is 15.8 Å². The van der Waals surface area contributed by atoms with Crippen molar-refractivity contribution < 1.29 is 14.3 Å². The number of hydrogen-bond donors (Lipinski definition) is 2. The zero-order valence-corrected chi connectivity index (χ0v) is 16.9. The molecule has 29 heavy (non-hydrogen) atoms. The monoisotopic (exact) mass is 396 g/mol. The van der Waals surface area contributed by atoms with Crippen LogP contribution in [0.3, 0.4) is 0 Å². The Hall–Kier alpha value is -2.93. The number of aromatic nitrogens is 1. The van der Waals surface area contributed by atoms with Crippen molar-refractivity contribution in [2.24, 2.45) is 11.7 Å². The lowest BCUT2D eigenvalue weighted by Gasteiger charge is -2.31. The number of carbonyl (C=O) groups excluding carboxylic acids is 2. The average Bonchev–Trinajstić information content (AvgIpc) is 2.70. The summed E-state index contributed by atoms with van der Waals surface area (Å²) < 4.78 is 5.49. The van der Waals surface area contributed by atoms with Crippen LogP contribution in [0.4, 0.5) is 5.69 Å². The lowest BCUT2D eigenvalue weighted by Crippen LogP contribution is -2.40. The van der Waals surface area contributed by atoms with Crippen LogP contribution >= 0.6 is 0 Å². The van der Waals surface area contributed by atoms with Gasteiger partial charge in [0.25, 0.3) is 5.91 Å².